The zero-order chi connectivity index (χ0) is 34.9. The monoisotopic (exact) mass is 682 g/mol. The Bertz CT molecular complexity index is 1720. The number of ketones is 1. The number of Topliss-reactive ketones (excluding diaryl/α,β-unsaturated/α-hetero) is 1. The minimum Gasteiger partial charge on any atom is -0.490 e. The maximum atomic E-state index is 15.4. The van der Waals surface area contributed by atoms with Gasteiger partial charge in [0, 0.05) is 25.1 Å². The van der Waals surface area contributed by atoms with Crippen LogP contribution in [0, 0.1) is 29.0 Å². The fourth-order valence-electron chi connectivity index (χ4n) is 7.12. The highest BCUT2D eigenvalue weighted by molar-refractivity contribution is 7.90. The van der Waals surface area contributed by atoms with Gasteiger partial charge in [0.15, 0.2) is 5.67 Å². The van der Waals surface area contributed by atoms with Crippen LogP contribution in [0.1, 0.15) is 103 Å². The molecule has 0 unspecified atom stereocenters. The van der Waals surface area contributed by atoms with Crippen molar-refractivity contribution in [3.63, 3.8) is 0 Å². The molecular formula is C38H48F2N2O5S. The molecule has 260 valence electrons. The molecule has 2 aromatic carbocycles. The van der Waals surface area contributed by atoms with Crippen LogP contribution >= 0.6 is 0 Å². The van der Waals surface area contributed by atoms with Crippen molar-refractivity contribution in [1.82, 2.24) is 10.0 Å². The van der Waals surface area contributed by atoms with Crippen molar-refractivity contribution < 1.29 is 31.5 Å². The van der Waals surface area contributed by atoms with E-state index in [-0.39, 0.29) is 47.9 Å². The fraction of sp³-hybridized carbons (Fsp3) is 0.579. The first kappa shape index (κ1) is 36.0. The Kier molecular flexibility index (Phi) is 10.4. The van der Waals surface area contributed by atoms with Gasteiger partial charge in [0.1, 0.15) is 11.6 Å². The van der Waals surface area contributed by atoms with E-state index >= 15 is 8.78 Å². The molecule has 0 radical (unpaired) electrons. The fourth-order valence-corrected chi connectivity index (χ4v) is 7.80. The van der Waals surface area contributed by atoms with Crippen molar-refractivity contribution in [2.75, 3.05) is 18.8 Å². The molecular weight excluding hydrogens is 634 g/mol. The number of rotatable bonds is 10. The van der Waals surface area contributed by atoms with Crippen molar-refractivity contribution in [3.05, 3.63) is 53.3 Å². The highest BCUT2D eigenvalue weighted by Gasteiger charge is 2.45. The molecule has 1 amide bonds. The third-order valence-electron chi connectivity index (χ3n) is 10.3. The first-order chi connectivity index (χ1) is 22.5. The smallest absolute Gasteiger partial charge is 0.243 e. The van der Waals surface area contributed by atoms with Crippen LogP contribution in [-0.4, -0.2) is 50.7 Å². The molecule has 3 atom stereocenters. The molecule has 1 aliphatic heterocycles. The summed E-state index contributed by atoms with van der Waals surface area (Å²) < 4.78 is 64.0. The Morgan fingerprint density at radius 1 is 1.08 bits per heavy atom. The van der Waals surface area contributed by atoms with Crippen LogP contribution in [0.2, 0.25) is 0 Å². The van der Waals surface area contributed by atoms with Crippen LogP contribution in [0.5, 0.6) is 5.75 Å². The van der Waals surface area contributed by atoms with Gasteiger partial charge in [0.2, 0.25) is 21.7 Å². The average molecular weight is 683 g/mol. The van der Waals surface area contributed by atoms with Crippen molar-refractivity contribution in [3.8, 4) is 28.7 Å². The van der Waals surface area contributed by atoms with E-state index in [0.717, 1.165) is 32.1 Å². The molecule has 2 aromatic rings. The number of alkyl halides is 1. The van der Waals surface area contributed by atoms with Gasteiger partial charge in [0.25, 0.3) is 0 Å². The number of carbonyl (C=O) groups is 2. The first-order valence-corrected chi connectivity index (χ1v) is 18.8. The molecule has 0 bridgehead atoms. The van der Waals surface area contributed by atoms with E-state index in [1.165, 1.54) is 13.0 Å². The molecule has 2 aliphatic carbocycles. The number of hydrogen-bond acceptors (Lipinski definition) is 6. The highest BCUT2D eigenvalue weighted by atomic mass is 32.2. The Morgan fingerprint density at radius 3 is 2.50 bits per heavy atom. The number of amides is 1. The Hall–Kier alpha value is -3.29. The van der Waals surface area contributed by atoms with Crippen molar-refractivity contribution in [1.29, 1.82) is 0 Å². The van der Waals surface area contributed by atoms with E-state index in [2.05, 4.69) is 21.9 Å². The van der Waals surface area contributed by atoms with Crippen LogP contribution < -0.4 is 14.8 Å². The molecule has 0 aromatic heterocycles. The summed E-state index contributed by atoms with van der Waals surface area (Å²) in [7, 11) is -3.77. The standard InChI is InChI=1S/C38H48F2N2O5S/c1-6-48(45,46)42-35(44)37(4,5)27-17-19-32(30(21-27)29-13-9-14-31(39)34(29)26-11-8-12-26)47-28-18-16-25(20-28)10-7-15-33(43)38(40)22-36(2,3)23-41-24-38/h9,13-14,17,19,21,25-26,28,41H,6,8,10-12,16,18,20,22-24H2,1-5H3,(H,42,44)/t25-,28-,38-/m1/s1. The van der Waals surface area contributed by atoms with Crippen LogP contribution in [-0.2, 0) is 25.0 Å². The van der Waals surface area contributed by atoms with Gasteiger partial charge in [-0.2, -0.15) is 0 Å². The largest absolute Gasteiger partial charge is 0.490 e. The second-order valence-corrected chi connectivity index (χ2v) is 17.2. The zero-order valence-corrected chi connectivity index (χ0v) is 29.5. The van der Waals surface area contributed by atoms with E-state index < -0.39 is 32.8 Å². The number of hydrogen-bond donors (Lipinski definition) is 2. The number of benzene rings is 2. The number of ether oxygens (including phenoxy) is 1. The van der Waals surface area contributed by atoms with Gasteiger partial charge in [-0.05, 0) is 117 Å². The SMILES string of the molecule is CCS(=O)(=O)NC(=O)C(C)(C)c1ccc(O[C@@H]2CC[C@@H](CC#CC(=O)[C@]3(F)CNCC(C)(C)C3)C2)c(-c2cccc(F)c2C2CCC2)c1. The molecule has 5 rings (SSSR count). The minimum atomic E-state index is -3.77. The highest BCUT2D eigenvalue weighted by Crippen LogP contribution is 2.46. The third-order valence-corrected chi connectivity index (χ3v) is 11.6. The lowest BCUT2D eigenvalue weighted by atomic mass is 9.76. The lowest BCUT2D eigenvalue weighted by Gasteiger charge is -2.38. The van der Waals surface area contributed by atoms with Crippen molar-refractivity contribution in [2.45, 2.75) is 109 Å². The maximum Gasteiger partial charge on any atom is 0.243 e. The quantitative estimate of drug-likeness (QED) is 0.213. The van der Waals surface area contributed by atoms with E-state index in [0.29, 0.717) is 47.4 Å². The summed E-state index contributed by atoms with van der Waals surface area (Å²) in [5.41, 5.74) is -0.952. The second kappa shape index (κ2) is 13.9. The summed E-state index contributed by atoms with van der Waals surface area (Å²) in [5.74, 6) is 4.52. The van der Waals surface area contributed by atoms with E-state index in [1.807, 2.05) is 26.0 Å². The number of sulfonamides is 1. The van der Waals surface area contributed by atoms with Crippen LogP contribution in [0.25, 0.3) is 11.1 Å². The normalized spacial score (nSPS) is 24.2. The van der Waals surface area contributed by atoms with Crippen molar-refractivity contribution in [2.24, 2.45) is 11.3 Å². The van der Waals surface area contributed by atoms with E-state index in [1.54, 1.807) is 32.0 Å². The van der Waals surface area contributed by atoms with Gasteiger partial charge in [-0.25, -0.2) is 17.2 Å². The zero-order valence-electron chi connectivity index (χ0n) is 28.7. The van der Waals surface area contributed by atoms with Crippen LogP contribution in [0.4, 0.5) is 8.78 Å². The van der Waals surface area contributed by atoms with Gasteiger partial charge in [-0.15, -0.1) is 0 Å². The Morgan fingerprint density at radius 2 is 1.83 bits per heavy atom. The number of piperidine rings is 1. The van der Waals surface area contributed by atoms with Gasteiger partial charge in [-0.1, -0.05) is 44.4 Å². The van der Waals surface area contributed by atoms with Crippen LogP contribution in [0.3, 0.4) is 0 Å². The molecule has 10 heteroatoms. The lowest BCUT2D eigenvalue weighted by Crippen LogP contribution is -2.54. The first-order valence-electron chi connectivity index (χ1n) is 17.1. The molecule has 7 nitrogen and oxygen atoms in total. The summed E-state index contributed by atoms with van der Waals surface area (Å²) in [6.45, 7) is 9.30. The van der Waals surface area contributed by atoms with E-state index in [9.17, 15) is 18.0 Å². The summed E-state index contributed by atoms with van der Waals surface area (Å²) in [6, 6.07) is 10.4. The Balaban J connectivity index is 1.37. The number of nitrogens with one attached hydrogen (secondary N) is 2. The second-order valence-electron chi connectivity index (χ2n) is 15.2. The maximum absolute atomic E-state index is 15.4. The predicted octanol–water partition coefficient (Wildman–Crippen LogP) is 6.74. The summed E-state index contributed by atoms with van der Waals surface area (Å²) in [4.78, 5) is 25.9. The minimum absolute atomic E-state index is 0.0160. The van der Waals surface area contributed by atoms with Crippen molar-refractivity contribution >= 4 is 21.7 Å². The molecule has 3 fully saturated rings. The summed E-state index contributed by atoms with van der Waals surface area (Å²) in [6.07, 6.45) is 5.55. The van der Waals surface area contributed by atoms with Gasteiger partial charge in [0.05, 0.1) is 17.3 Å². The molecule has 48 heavy (non-hydrogen) atoms. The lowest BCUT2D eigenvalue weighted by molar-refractivity contribution is -0.128. The van der Waals surface area contributed by atoms with Gasteiger partial charge < -0.3 is 10.1 Å². The average Bonchev–Trinajstić information content (AvgIpc) is 3.43. The Labute approximate surface area is 284 Å². The third kappa shape index (κ3) is 7.94. The summed E-state index contributed by atoms with van der Waals surface area (Å²) >= 11 is 0. The summed E-state index contributed by atoms with van der Waals surface area (Å²) in [5, 5.41) is 3.03. The molecule has 1 heterocycles. The number of carbonyl (C=O) groups excluding carboxylic acids is 2. The number of halogens is 2. The molecule has 3 aliphatic rings. The topological polar surface area (TPSA) is 102 Å². The van der Waals surface area contributed by atoms with Gasteiger partial charge >= 0.3 is 0 Å². The molecule has 0 spiro atoms. The van der Waals surface area contributed by atoms with Gasteiger partial charge in [-0.3, -0.25) is 14.3 Å². The molecule has 2 saturated carbocycles. The predicted molar refractivity (Wildman–Crippen MR) is 183 cm³/mol. The molecule has 1 saturated heterocycles. The molecule has 2 N–H and O–H groups in total. The van der Waals surface area contributed by atoms with Crippen LogP contribution in [0.15, 0.2) is 36.4 Å². The van der Waals surface area contributed by atoms with E-state index in [4.69, 9.17) is 4.74 Å².